The van der Waals surface area contributed by atoms with Crippen molar-refractivity contribution in [1.29, 1.82) is 0 Å². The molecule has 0 aliphatic heterocycles. The number of esters is 1. The summed E-state index contributed by atoms with van der Waals surface area (Å²) in [6, 6.07) is 22.4. The fraction of sp³-hybridized carbons (Fsp3) is 0.0909. The van der Waals surface area contributed by atoms with Gasteiger partial charge in [-0.25, -0.2) is 4.79 Å². The zero-order valence-corrected chi connectivity index (χ0v) is 14.4. The summed E-state index contributed by atoms with van der Waals surface area (Å²) in [5.74, 6) is -0.921. The van der Waals surface area contributed by atoms with Gasteiger partial charge >= 0.3 is 5.97 Å². The average molecular weight is 345 g/mol. The van der Waals surface area contributed by atoms with Gasteiger partial charge in [0.1, 0.15) is 5.70 Å². The Bertz CT molecular complexity index is 956. The third kappa shape index (κ3) is 3.98. The van der Waals surface area contributed by atoms with Crippen molar-refractivity contribution in [1.82, 2.24) is 5.32 Å². The molecule has 1 N–H and O–H groups in total. The summed E-state index contributed by atoms with van der Waals surface area (Å²) in [5, 5.41) is 4.72. The Morgan fingerprint density at radius 2 is 1.62 bits per heavy atom. The van der Waals surface area contributed by atoms with E-state index in [9.17, 15) is 9.59 Å². The number of fused-ring (bicyclic) bond motifs is 1. The van der Waals surface area contributed by atoms with Crippen LogP contribution in [0.15, 0.2) is 78.5 Å². The van der Waals surface area contributed by atoms with Gasteiger partial charge in [-0.3, -0.25) is 4.79 Å². The maximum atomic E-state index is 12.5. The Balaban J connectivity index is 1.99. The first-order chi connectivity index (χ1) is 12.7. The quantitative estimate of drug-likeness (QED) is 0.558. The molecule has 0 unspecified atom stereocenters. The van der Waals surface area contributed by atoms with Crippen LogP contribution in [0.4, 0.5) is 0 Å². The highest BCUT2D eigenvalue weighted by atomic mass is 16.5. The van der Waals surface area contributed by atoms with Crippen LogP contribution in [0, 0.1) is 0 Å². The van der Waals surface area contributed by atoms with Gasteiger partial charge in [0.15, 0.2) is 0 Å². The molecule has 1 amide bonds. The number of amides is 1. The lowest BCUT2D eigenvalue weighted by Crippen LogP contribution is -2.28. The SMILES string of the molecule is CCOC(=O)/C(=C\c1cccc2ccccc12)NC(=O)c1ccccc1. The Morgan fingerprint density at radius 1 is 0.923 bits per heavy atom. The third-order valence-electron chi connectivity index (χ3n) is 3.90. The molecule has 0 spiro atoms. The highest BCUT2D eigenvalue weighted by Crippen LogP contribution is 2.21. The van der Waals surface area contributed by atoms with Crippen molar-refractivity contribution in [3.8, 4) is 0 Å². The fourth-order valence-corrected chi connectivity index (χ4v) is 2.67. The minimum absolute atomic E-state index is 0.108. The highest BCUT2D eigenvalue weighted by Gasteiger charge is 2.16. The first kappa shape index (κ1) is 17.4. The maximum absolute atomic E-state index is 12.5. The normalized spacial score (nSPS) is 11.2. The van der Waals surface area contributed by atoms with E-state index in [-0.39, 0.29) is 18.2 Å². The van der Waals surface area contributed by atoms with Crippen molar-refractivity contribution in [2.75, 3.05) is 6.61 Å². The third-order valence-corrected chi connectivity index (χ3v) is 3.90. The van der Waals surface area contributed by atoms with Crippen molar-refractivity contribution in [2.24, 2.45) is 0 Å². The van der Waals surface area contributed by atoms with Crippen molar-refractivity contribution in [3.05, 3.63) is 89.6 Å². The summed E-state index contributed by atoms with van der Waals surface area (Å²) < 4.78 is 5.10. The zero-order valence-electron chi connectivity index (χ0n) is 14.4. The number of hydrogen-bond acceptors (Lipinski definition) is 3. The van der Waals surface area contributed by atoms with Gasteiger partial charge in [0.05, 0.1) is 6.61 Å². The second kappa shape index (κ2) is 8.12. The van der Waals surface area contributed by atoms with Gasteiger partial charge in [0.25, 0.3) is 5.91 Å². The number of benzene rings is 3. The van der Waals surface area contributed by atoms with Gasteiger partial charge in [-0.2, -0.15) is 0 Å². The second-order valence-electron chi connectivity index (χ2n) is 5.67. The molecule has 0 saturated heterocycles. The lowest BCUT2D eigenvalue weighted by molar-refractivity contribution is -0.138. The van der Waals surface area contributed by atoms with Crippen LogP contribution in [-0.4, -0.2) is 18.5 Å². The molecule has 0 bridgehead atoms. The minimum Gasteiger partial charge on any atom is -0.461 e. The molecular weight excluding hydrogens is 326 g/mol. The van der Waals surface area contributed by atoms with Crippen LogP contribution in [0.25, 0.3) is 16.8 Å². The van der Waals surface area contributed by atoms with E-state index in [1.54, 1.807) is 37.3 Å². The molecule has 26 heavy (non-hydrogen) atoms. The molecule has 4 heteroatoms. The van der Waals surface area contributed by atoms with Gasteiger partial charge in [0.2, 0.25) is 0 Å². The molecule has 4 nitrogen and oxygen atoms in total. The zero-order chi connectivity index (χ0) is 18.4. The lowest BCUT2D eigenvalue weighted by atomic mass is 10.0. The standard InChI is InChI=1S/C22H19NO3/c1-2-26-22(25)20(23-21(24)17-10-4-3-5-11-17)15-18-13-8-12-16-9-6-7-14-19(16)18/h3-15H,2H2,1H3,(H,23,24)/b20-15+. The van der Waals surface area contributed by atoms with E-state index in [1.165, 1.54) is 0 Å². The van der Waals surface area contributed by atoms with Crippen molar-refractivity contribution < 1.29 is 14.3 Å². The number of ether oxygens (including phenoxy) is 1. The monoisotopic (exact) mass is 345 g/mol. The van der Waals surface area contributed by atoms with E-state index < -0.39 is 5.97 Å². The fourth-order valence-electron chi connectivity index (χ4n) is 2.67. The van der Waals surface area contributed by atoms with Crippen LogP contribution in [0.5, 0.6) is 0 Å². The summed E-state index contributed by atoms with van der Waals surface area (Å²) in [6.07, 6.45) is 1.65. The van der Waals surface area contributed by atoms with Gasteiger partial charge in [0, 0.05) is 5.56 Å². The summed E-state index contributed by atoms with van der Waals surface area (Å²) in [4.78, 5) is 24.8. The predicted molar refractivity (Wildman–Crippen MR) is 102 cm³/mol. The largest absolute Gasteiger partial charge is 0.461 e. The van der Waals surface area contributed by atoms with E-state index in [0.717, 1.165) is 16.3 Å². The van der Waals surface area contributed by atoms with Gasteiger partial charge in [-0.1, -0.05) is 60.7 Å². The Morgan fingerprint density at radius 3 is 2.38 bits per heavy atom. The molecule has 3 rings (SSSR count). The molecule has 0 aromatic heterocycles. The number of rotatable bonds is 5. The van der Waals surface area contributed by atoms with Crippen LogP contribution in [0.3, 0.4) is 0 Å². The van der Waals surface area contributed by atoms with Crippen molar-refractivity contribution in [2.45, 2.75) is 6.92 Å². The van der Waals surface area contributed by atoms with Crippen LogP contribution in [0.2, 0.25) is 0 Å². The molecule has 3 aromatic rings. The van der Waals surface area contributed by atoms with E-state index in [1.807, 2.05) is 48.5 Å². The maximum Gasteiger partial charge on any atom is 0.354 e. The number of nitrogens with one attached hydrogen (secondary N) is 1. The minimum atomic E-state index is -0.565. The highest BCUT2D eigenvalue weighted by molar-refractivity contribution is 6.04. The predicted octanol–water partition coefficient (Wildman–Crippen LogP) is 4.17. The molecular formula is C22H19NO3. The molecule has 0 aliphatic carbocycles. The van der Waals surface area contributed by atoms with Gasteiger partial charge in [-0.05, 0) is 41.5 Å². The van der Waals surface area contributed by atoms with Gasteiger partial charge < -0.3 is 10.1 Å². The van der Waals surface area contributed by atoms with Crippen LogP contribution in [0.1, 0.15) is 22.8 Å². The molecule has 0 radical (unpaired) electrons. The Hall–Kier alpha value is -3.40. The Kier molecular flexibility index (Phi) is 5.44. The lowest BCUT2D eigenvalue weighted by Gasteiger charge is -2.10. The number of hydrogen-bond donors (Lipinski definition) is 1. The average Bonchev–Trinajstić information content (AvgIpc) is 2.68. The summed E-state index contributed by atoms with van der Waals surface area (Å²) in [6.45, 7) is 1.96. The van der Waals surface area contributed by atoms with Crippen molar-refractivity contribution >= 4 is 28.7 Å². The Labute approximate surface area is 152 Å². The van der Waals surface area contributed by atoms with E-state index >= 15 is 0 Å². The molecule has 0 aliphatic rings. The topological polar surface area (TPSA) is 55.4 Å². The summed E-state index contributed by atoms with van der Waals surface area (Å²) in [5.41, 5.74) is 1.41. The molecule has 3 aromatic carbocycles. The molecule has 0 saturated carbocycles. The molecule has 0 heterocycles. The van der Waals surface area contributed by atoms with E-state index in [4.69, 9.17) is 4.74 Å². The van der Waals surface area contributed by atoms with Crippen LogP contribution >= 0.6 is 0 Å². The summed E-state index contributed by atoms with van der Waals surface area (Å²) >= 11 is 0. The summed E-state index contributed by atoms with van der Waals surface area (Å²) in [7, 11) is 0. The van der Waals surface area contributed by atoms with Gasteiger partial charge in [-0.15, -0.1) is 0 Å². The smallest absolute Gasteiger partial charge is 0.354 e. The van der Waals surface area contributed by atoms with Crippen LogP contribution < -0.4 is 5.32 Å². The van der Waals surface area contributed by atoms with E-state index in [2.05, 4.69) is 5.32 Å². The molecule has 0 atom stereocenters. The number of carbonyl (C=O) groups is 2. The molecule has 0 fully saturated rings. The van der Waals surface area contributed by atoms with Crippen LogP contribution in [-0.2, 0) is 9.53 Å². The first-order valence-corrected chi connectivity index (χ1v) is 8.42. The van der Waals surface area contributed by atoms with E-state index in [0.29, 0.717) is 5.56 Å². The number of carbonyl (C=O) groups excluding carboxylic acids is 2. The first-order valence-electron chi connectivity index (χ1n) is 8.42. The van der Waals surface area contributed by atoms with Crippen molar-refractivity contribution in [3.63, 3.8) is 0 Å². The molecule has 130 valence electrons. The second-order valence-corrected chi connectivity index (χ2v) is 5.67.